The maximum atomic E-state index is 14.1. The molecule has 342 valence electrons. The van der Waals surface area contributed by atoms with Crippen molar-refractivity contribution in [3.05, 3.63) is 160 Å². The number of nitrogens with zero attached hydrogens (tertiary/aromatic N) is 5. The van der Waals surface area contributed by atoms with E-state index >= 15 is 0 Å². The Morgan fingerprint density at radius 1 is 0.773 bits per heavy atom. The van der Waals surface area contributed by atoms with E-state index < -0.39 is 79.9 Å². The third-order valence-electron chi connectivity index (χ3n) is 11.3. The third-order valence-corrected chi connectivity index (χ3v) is 12.8. The fourth-order valence-electron chi connectivity index (χ4n) is 7.95. The first-order chi connectivity index (χ1) is 31.5. The van der Waals surface area contributed by atoms with E-state index in [1.54, 1.807) is 6.92 Å². The summed E-state index contributed by atoms with van der Waals surface area (Å²) in [6.07, 6.45) is -1.93. The van der Waals surface area contributed by atoms with E-state index in [9.17, 15) is 59.4 Å². The van der Waals surface area contributed by atoms with Crippen molar-refractivity contribution in [1.82, 2.24) is 9.80 Å². The highest BCUT2D eigenvalue weighted by molar-refractivity contribution is 8.03. The number of β-lactam (4-membered cyclic amide) rings is 1. The van der Waals surface area contributed by atoms with Gasteiger partial charge >= 0.3 is 18.0 Å². The van der Waals surface area contributed by atoms with E-state index in [1.165, 1.54) is 126 Å². The Morgan fingerprint density at radius 3 is 1.77 bits per heavy atom. The van der Waals surface area contributed by atoms with Crippen molar-refractivity contribution < 1.29 is 58.1 Å². The molecule has 3 aliphatic rings. The molecule has 3 amide bonds. The molecule has 66 heavy (non-hydrogen) atoms. The van der Waals surface area contributed by atoms with Crippen molar-refractivity contribution in [2.45, 2.75) is 63.5 Å². The summed E-state index contributed by atoms with van der Waals surface area (Å²) in [5, 5.41) is 46.0. The Kier molecular flexibility index (Phi) is 13.7. The fraction of sp³-hybridized carbons (Fsp3) is 0.295. The molecule has 2 N–H and O–H groups in total. The molecule has 21 nitrogen and oxygen atoms in total. The average molecular weight is 925 g/mol. The van der Waals surface area contributed by atoms with Gasteiger partial charge in [0.25, 0.3) is 17.1 Å². The average Bonchev–Trinajstić information content (AvgIpc) is 3.83. The number of thioether (sulfide) groups is 1. The van der Waals surface area contributed by atoms with Crippen LogP contribution in [0.15, 0.2) is 108 Å². The van der Waals surface area contributed by atoms with Gasteiger partial charge in [-0.15, -0.1) is 11.8 Å². The summed E-state index contributed by atoms with van der Waals surface area (Å²) in [7, 11) is 0. The molecule has 3 heterocycles. The number of fused-ring (bicyclic) bond motifs is 1. The number of nitro groups is 3. The monoisotopic (exact) mass is 924 g/mol. The summed E-state index contributed by atoms with van der Waals surface area (Å²) in [6.45, 7) is 2.42. The van der Waals surface area contributed by atoms with E-state index in [1.807, 2.05) is 0 Å². The topological polar surface area (TPSA) is 281 Å². The standard InChI is InChI=1S/C44H40N6O15S/c1-24-37-36(25(2)51)41(53)47(37)38(43(55)64-22-27-8-14-32(15-9-27)49(59)60)39(24)66-34-19-35(46(20-34)44(56)65-23-28-10-16-33(17-11-28)50(61)62)40(52)45-30-5-3-4-29(18-30)42(54)63-21-26-6-12-31(13-7-26)48(57)58/h3-18,24-25,34-37,51H,19-23H2,1-2H3,(H,45,52)/t24-,25-,34+,35+,36-,37?/m1/s1. The highest BCUT2D eigenvalue weighted by Gasteiger charge is 2.60. The molecule has 0 radical (unpaired) electrons. The largest absolute Gasteiger partial charge is 0.457 e. The van der Waals surface area contributed by atoms with Crippen LogP contribution in [0.5, 0.6) is 0 Å². The highest BCUT2D eigenvalue weighted by Crippen LogP contribution is 2.52. The highest BCUT2D eigenvalue weighted by atomic mass is 32.2. The number of nitrogens with one attached hydrogen (secondary N) is 1. The van der Waals surface area contributed by atoms with Crippen LogP contribution < -0.4 is 5.32 Å². The lowest BCUT2D eigenvalue weighted by Gasteiger charge is -2.46. The van der Waals surface area contributed by atoms with Crippen LogP contribution in [0.25, 0.3) is 0 Å². The smallest absolute Gasteiger partial charge is 0.410 e. The number of esters is 2. The first-order valence-corrected chi connectivity index (χ1v) is 21.2. The summed E-state index contributed by atoms with van der Waals surface area (Å²) in [5.41, 5.74) is 1.11. The zero-order chi connectivity index (χ0) is 47.4. The van der Waals surface area contributed by atoms with Gasteiger partial charge in [0.15, 0.2) is 0 Å². The minimum absolute atomic E-state index is 0.0138. The van der Waals surface area contributed by atoms with Gasteiger partial charge in [0.1, 0.15) is 31.6 Å². The molecule has 4 aromatic rings. The van der Waals surface area contributed by atoms with Crippen LogP contribution >= 0.6 is 11.8 Å². The molecule has 0 saturated carbocycles. The Bertz CT molecular complexity index is 2620. The molecule has 22 heteroatoms. The molecule has 7 rings (SSSR count). The van der Waals surface area contributed by atoms with Gasteiger partial charge in [-0.3, -0.25) is 44.8 Å². The van der Waals surface area contributed by atoms with Crippen molar-refractivity contribution >= 4 is 64.4 Å². The van der Waals surface area contributed by atoms with Gasteiger partial charge in [0.05, 0.1) is 38.4 Å². The summed E-state index contributed by atoms with van der Waals surface area (Å²) in [4.78, 5) is 103. The van der Waals surface area contributed by atoms with Crippen molar-refractivity contribution in [1.29, 1.82) is 0 Å². The summed E-state index contributed by atoms with van der Waals surface area (Å²) in [6, 6.07) is 20.3. The molecule has 0 aliphatic carbocycles. The number of carbonyl (C=O) groups is 5. The number of anilines is 1. The Hall–Kier alpha value is -7.72. The molecule has 2 saturated heterocycles. The van der Waals surface area contributed by atoms with Gasteiger partial charge in [0, 0.05) is 64.7 Å². The molecule has 2 fully saturated rings. The number of hydrogen-bond acceptors (Lipinski definition) is 16. The van der Waals surface area contributed by atoms with Gasteiger partial charge in [-0.1, -0.05) is 13.0 Å². The molecule has 0 spiro atoms. The molecule has 3 aliphatic heterocycles. The van der Waals surface area contributed by atoms with Gasteiger partial charge < -0.3 is 29.5 Å². The van der Waals surface area contributed by atoms with E-state index in [0.29, 0.717) is 21.6 Å². The number of carbonyl (C=O) groups excluding carboxylic acids is 5. The van der Waals surface area contributed by atoms with E-state index in [2.05, 4.69) is 5.32 Å². The van der Waals surface area contributed by atoms with Gasteiger partial charge in [-0.25, -0.2) is 14.4 Å². The van der Waals surface area contributed by atoms with Gasteiger partial charge in [-0.05, 0) is 84.6 Å². The Labute approximate surface area is 378 Å². The van der Waals surface area contributed by atoms with Crippen LogP contribution in [0.2, 0.25) is 0 Å². The molecule has 0 bridgehead atoms. The number of non-ortho nitro benzene ring substituents is 3. The first-order valence-electron chi connectivity index (χ1n) is 20.3. The minimum Gasteiger partial charge on any atom is -0.457 e. The number of benzene rings is 4. The normalized spacial score (nSPS) is 20.2. The molecule has 1 unspecified atom stereocenters. The number of amides is 3. The quantitative estimate of drug-likeness (QED) is 0.0426. The zero-order valence-corrected chi connectivity index (χ0v) is 35.9. The van der Waals surface area contributed by atoms with E-state index in [0.717, 1.165) is 0 Å². The summed E-state index contributed by atoms with van der Waals surface area (Å²) >= 11 is 1.17. The number of hydrogen-bond donors (Lipinski definition) is 2. The third kappa shape index (κ3) is 9.98. The second kappa shape index (κ2) is 19.6. The van der Waals surface area contributed by atoms with E-state index in [-0.39, 0.29) is 66.8 Å². The van der Waals surface area contributed by atoms with Crippen molar-refractivity contribution in [3.63, 3.8) is 0 Å². The number of rotatable bonds is 16. The predicted octanol–water partition coefficient (Wildman–Crippen LogP) is 6.03. The second-order valence-electron chi connectivity index (χ2n) is 15.7. The number of nitro benzene ring substituents is 3. The first kappa shape index (κ1) is 46.3. The van der Waals surface area contributed by atoms with Crippen LogP contribution in [0.1, 0.15) is 47.3 Å². The number of ether oxygens (including phenoxy) is 3. The van der Waals surface area contributed by atoms with Crippen molar-refractivity contribution in [3.8, 4) is 0 Å². The predicted molar refractivity (Wildman–Crippen MR) is 232 cm³/mol. The van der Waals surface area contributed by atoms with Gasteiger partial charge in [0.2, 0.25) is 11.8 Å². The number of aliphatic hydroxyl groups excluding tert-OH is 1. The molecule has 6 atom stereocenters. The summed E-state index contributed by atoms with van der Waals surface area (Å²) < 4.78 is 16.6. The second-order valence-corrected chi connectivity index (χ2v) is 17.0. The minimum atomic E-state index is -1.18. The lowest BCUT2D eigenvalue weighted by molar-refractivity contribution is -0.385. The lowest BCUT2D eigenvalue weighted by atomic mass is 9.79. The molecule has 4 aromatic carbocycles. The SMILES string of the molecule is C[C@H]1C(S[C@H]2C[C@@H](C(=O)Nc3cccc(C(=O)OCc4ccc([N+](=O)[O-])cc4)c3)N(C(=O)OCc3ccc([N+](=O)[O-])cc3)C2)=C(C(=O)OCc2ccc([N+](=O)[O-])cc2)N2C(=O)[C@H]([C@@H](C)O)C12. The van der Waals surface area contributed by atoms with Crippen LogP contribution in [0.4, 0.5) is 27.5 Å². The maximum absolute atomic E-state index is 14.1. The van der Waals surface area contributed by atoms with Crippen molar-refractivity contribution in [2.24, 2.45) is 11.8 Å². The van der Waals surface area contributed by atoms with Crippen LogP contribution in [0.3, 0.4) is 0 Å². The van der Waals surface area contributed by atoms with E-state index in [4.69, 9.17) is 14.2 Å². The number of likely N-dealkylation sites (tertiary alicyclic amines) is 1. The Morgan fingerprint density at radius 2 is 1.27 bits per heavy atom. The summed E-state index contributed by atoms with van der Waals surface area (Å²) in [5.74, 6) is -4.07. The zero-order valence-electron chi connectivity index (χ0n) is 35.0. The fourth-order valence-corrected chi connectivity index (χ4v) is 9.47. The number of aliphatic hydroxyl groups is 1. The van der Waals surface area contributed by atoms with Crippen molar-refractivity contribution in [2.75, 3.05) is 11.9 Å². The van der Waals surface area contributed by atoms with Gasteiger partial charge in [-0.2, -0.15) is 0 Å². The molecular weight excluding hydrogens is 885 g/mol. The molecular formula is C44H40N6O15S. The lowest BCUT2D eigenvalue weighted by Crippen LogP contribution is -2.63. The van der Waals surface area contributed by atoms with Crippen LogP contribution in [0, 0.1) is 42.2 Å². The molecule has 0 aromatic heterocycles. The maximum Gasteiger partial charge on any atom is 0.410 e. The Balaban J connectivity index is 1.10. The van der Waals surface area contributed by atoms with Crippen LogP contribution in [-0.2, 0) is 48.4 Å². The van der Waals surface area contributed by atoms with Crippen LogP contribution in [-0.4, -0.2) is 89.5 Å².